The summed E-state index contributed by atoms with van der Waals surface area (Å²) in [7, 11) is 3.33. The number of nitrogens with one attached hydrogen (secondary N) is 1. The molecule has 0 bridgehead atoms. The minimum absolute atomic E-state index is 0.236. The molecular formula is C11H24N2O4. The number of hydrogen-bond acceptors (Lipinski definition) is 5. The fourth-order valence-corrected chi connectivity index (χ4v) is 1.07. The summed E-state index contributed by atoms with van der Waals surface area (Å²) in [5, 5.41) is 2.84. The van der Waals surface area contributed by atoms with Crippen molar-refractivity contribution in [3.63, 3.8) is 0 Å². The van der Waals surface area contributed by atoms with E-state index >= 15 is 0 Å². The van der Waals surface area contributed by atoms with Crippen LogP contribution in [-0.2, 0) is 19.0 Å². The van der Waals surface area contributed by atoms with Crippen molar-refractivity contribution in [1.29, 1.82) is 0 Å². The lowest BCUT2D eigenvalue weighted by atomic mass is 10.0. The normalized spacial score (nSPS) is 14.5. The third-order valence-corrected chi connectivity index (χ3v) is 2.50. The average molecular weight is 248 g/mol. The number of likely N-dealkylation sites (N-methyl/N-ethyl adjacent to an activating group) is 1. The average Bonchev–Trinajstić information content (AvgIpc) is 2.32. The van der Waals surface area contributed by atoms with Gasteiger partial charge in [0.05, 0.1) is 19.8 Å². The van der Waals surface area contributed by atoms with Crippen LogP contribution < -0.4 is 11.1 Å². The molecule has 0 aliphatic heterocycles. The SMILES string of the molecule is CNC(C)(COCCOCCCOC)C(N)=O. The van der Waals surface area contributed by atoms with Crippen LogP contribution >= 0.6 is 0 Å². The Morgan fingerprint density at radius 1 is 1.24 bits per heavy atom. The van der Waals surface area contributed by atoms with Crippen molar-refractivity contribution in [1.82, 2.24) is 5.32 Å². The molecule has 0 aromatic heterocycles. The largest absolute Gasteiger partial charge is 0.385 e. The molecule has 17 heavy (non-hydrogen) atoms. The third kappa shape index (κ3) is 7.27. The molecule has 6 nitrogen and oxygen atoms in total. The van der Waals surface area contributed by atoms with Gasteiger partial charge in [-0.2, -0.15) is 0 Å². The molecule has 0 aliphatic rings. The summed E-state index contributed by atoms with van der Waals surface area (Å²) in [6, 6.07) is 0. The maximum absolute atomic E-state index is 11.1. The summed E-state index contributed by atoms with van der Waals surface area (Å²) in [5.74, 6) is -0.430. The van der Waals surface area contributed by atoms with Gasteiger partial charge in [0.25, 0.3) is 0 Å². The van der Waals surface area contributed by atoms with E-state index in [0.717, 1.165) is 6.42 Å². The lowest BCUT2D eigenvalue weighted by molar-refractivity contribution is -0.126. The van der Waals surface area contributed by atoms with Gasteiger partial charge in [-0.1, -0.05) is 0 Å². The van der Waals surface area contributed by atoms with E-state index in [-0.39, 0.29) is 6.61 Å². The fraction of sp³-hybridized carbons (Fsp3) is 0.909. The van der Waals surface area contributed by atoms with Gasteiger partial charge >= 0.3 is 0 Å². The van der Waals surface area contributed by atoms with Crippen molar-refractivity contribution in [3.8, 4) is 0 Å². The van der Waals surface area contributed by atoms with Crippen molar-refractivity contribution in [2.45, 2.75) is 18.9 Å². The van der Waals surface area contributed by atoms with Crippen LogP contribution in [0.3, 0.4) is 0 Å². The van der Waals surface area contributed by atoms with E-state index in [1.54, 1.807) is 21.1 Å². The number of hydrogen-bond donors (Lipinski definition) is 2. The summed E-state index contributed by atoms with van der Waals surface area (Å²) in [6.45, 7) is 4.23. The molecule has 0 saturated heterocycles. The highest BCUT2D eigenvalue weighted by Gasteiger charge is 2.28. The maximum Gasteiger partial charge on any atom is 0.239 e. The molecule has 0 aromatic carbocycles. The predicted molar refractivity (Wildman–Crippen MR) is 64.8 cm³/mol. The Labute approximate surface area is 103 Å². The Bertz CT molecular complexity index is 214. The van der Waals surface area contributed by atoms with Crippen molar-refractivity contribution in [2.75, 3.05) is 47.2 Å². The Balaban J connectivity index is 3.47. The summed E-state index contributed by atoms with van der Waals surface area (Å²) in [6.07, 6.45) is 0.867. The van der Waals surface area contributed by atoms with Gasteiger partial charge < -0.3 is 25.3 Å². The first-order valence-electron chi connectivity index (χ1n) is 5.70. The molecule has 0 aromatic rings. The Kier molecular flexibility index (Phi) is 8.97. The minimum Gasteiger partial charge on any atom is -0.385 e. The van der Waals surface area contributed by atoms with Gasteiger partial charge in [0.2, 0.25) is 5.91 Å². The number of ether oxygens (including phenoxy) is 3. The predicted octanol–water partition coefficient (Wildman–Crippen LogP) is -0.480. The molecule has 1 unspecified atom stereocenters. The molecule has 0 radical (unpaired) electrons. The van der Waals surface area contributed by atoms with E-state index < -0.39 is 11.4 Å². The number of nitrogens with two attached hydrogens (primary N) is 1. The molecule has 1 atom stereocenters. The molecule has 102 valence electrons. The van der Waals surface area contributed by atoms with E-state index in [1.807, 2.05) is 0 Å². The highest BCUT2D eigenvalue weighted by Crippen LogP contribution is 2.02. The molecule has 0 aliphatic carbocycles. The summed E-state index contributed by atoms with van der Waals surface area (Å²) in [4.78, 5) is 11.1. The second-order valence-electron chi connectivity index (χ2n) is 3.96. The van der Waals surface area contributed by atoms with Crippen LogP contribution in [0.5, 0.6) is 0 Å². The molecule has 1 amide bonds. The van der Waals surface area contributed by atoms with Gasteiger partial charge in [0.15, 0.2) is 0 Å². The molecule has 0 rings (SSSR count). The minimum atomic E-state index is -0.823. The van der Waals surface area contributed by atoms with Crippen LogP contribution in [0.15, 0.2) is 0 Å². The quantitative estimate of drug-likeness (QED) is 0.483. The second kappa shape index (κ2) is 9.35. The summed E-state index contributed by atoms with van der Waals surface area (Å²) in [5.41, 5.74) is 4.43. The molecular weight excluding hydrogens is 224 g/mol. The van der Waals surface area contributed by atoms with Crippen LogP contribution in [0, 0.1) is 0 Å². The van der Waals surface area contributed by atoms with Crippen LogP contribution in [-0.4, -0.2) is 58.6 Å². The monoisotopic (exact) mass is 248 g/mol. The molecule has 3 N–H and O–H groups in total. The number of methoxy groups -OCH3 is 1. The molecule has 0 saturated carbocycles. The van der Waals surface area contributed by atoms with Crippen LogP contribution in [0.2, 0.25) is 0 Å². The highest BCUT2D eigenvalue weighted by atomic mass is 16.5. The highest BCUT2D eigenvalue weighted by molar-refractivity contribution is 5.84. The van der Waals surface area contributed by atoms with E-state index in [4.69, 9.17) is 19.9 Å². The smallest absolute Gasteiger partial charge is 0.239 e. The number of amides is 1. The van der Waals surface area contributed by atoms with Gasteiger partial charge in [-0.25, -0.2) is 0 Å². The Hall–Kier alpha value is -0.690. The van der Waals surface area contributed by atoms with Crippen molar-refractivity contribution in [2.24, 2.45) is 5.73 Å². The summed E-state index contributed by atoms with van der Waals surface area (Å²) >= 11 is 0. The van der Waals surface area contributed by atoms with Crippen LogP contribution in [0.1, 0.15) is 13.3 Å². The van der Waals surface area contributed by atoms with E-state index in [2.05, 4.69) is 5.32 Å². The van der Waals surface area contributed by atoms with Crippen LogP contribution in [0.25, 0.3) is 0 Å². The Morgan fingerprint density at radius 3 is 2.41 bits per heavy atom. The zero-order valence-corrected chi connectivity index (χ0v) is 11.0. The lowest BCUT2D eigenvalue weighted by Gasteiger charge is -2.24. The first kappa shape index (κ1) is 16.3. The van der Waals surface area contributed by atoms with Crippen LogP contribution in [0.4, 0.5) is 0 Å². The number of carbonyl (C=O) groups is 1. The topological polar surface area (TPSA) is 82.8 Å². The van der Waals surface area contributed by atoms with Crippen molar-refractivity contribution < 1.29 is 19.0 Å². The zero-order chi connectivity index (χ0) is 13.1. The lowest BCUT2D eigenvalue weighted by Crippen LogP contribution is -2.55. The first-order chi connectivity index (χ1) is 8.06. The van der Waals surface area contributed by atoms with E-state index in [0.29, 0.717) is 26.4 Å². The zero-order valence-electron chi connectivity index (χ0n) is 11.0. The third-order valence-electron chi connectivity index (χ3n) is 2.50. The van der Waals surface area contributed by atoms with E-state index in [1.165, 1.54) is 0 Å². The van der Waals surface area contributed by atoms with Gasteiger partial charge in [0.1, 0.15) is 5.54 Å². The second-order valence-corrected chi connectivity index (χ2v) is 3.96. The first-order valence-corrected chi connectivity index (χ1v) is 5.70. The van der Waals surface area contributed by atoms with Gasteiger partial charge in [0, 0.05) is 20.3 Å². The number of primary amides is 1. The molecule has 0 spiro atoms. The maximum atomic E-state index is 11.1. The molecule has 0 heterocycles. The Morgan fingerprint density at radius 2 is 1.88 bits per heavy atom. The van der Waals surface area contributed by atoms with Crippen molar-refractivity contribution in [3.05, 3.63) is 0 Å². The van der Waals surface area contributed by atoms with Gasteiger partial charge in [-0.15, -0.1) is 0 Å². The number of carbonyl (C=O) groups excluding carboxylic acids is 1. The van der Waals surface area contributed by atoms with E-state index in [9.17, 15) is 4.79 Å². The van der Waals surface area contributed by atoms with Gasteiger partial charge in [-0.05, 0) is 20.4 Å². The fourth-order valence-electron chi connectivity index (χ4n) is 1.07. The van der Waals surface area contributed by atoms with Gasteiger partial charge in [-0.3, -0.25) is 4.79 Å². The number of rotatable bonds is 11. The standard InChI is InChI=1S/C11H24N2O4/c1-11(13-2,10(12)14)9-17-8-7-16-6-4-5-15-3/h13H,4-9H2,1-3H3,(H2,12,14). The summed E-state index contributed by atoms with van der Waals surface area (Å²) < 4.78 is 15.5. The molecule has 0 fully saturated rings. The van der Waals surface area contributed by atoms with Crippen molar-refractivity contribution >= 4 is 5.91 Å². The molecule has 6 heteroatoms.